The Hall–Kier alpha value is -1.76. The number of aromatic nitrogens is 2. The minimum absolute atomic E-state index is 0.0760. The molecular formula is C14H13BrF2N2O2. The van der Waals surface area contributed by atoms with Gasteiger partial charge in [-0.2, -0.15) is 13.9 Å². The maximum absolute atomic E-state index is 12.8. The van der Waals surface area contributed by atoms with E-state index < -0.39 is 12.5 Å². The maximum atomic E-state index is 12.8. The fourth-order valence-corrected chi connectivity index (χ4v) is 2.30. The maximum Gasteiger partial charge on any atom is 0.359 e. The van der Waals surface area contributed by atoms with Gasteiger partial charge in [0, 0.05) is 22.7 Å². The smallest absolute Gasteiger partial charge is 0.359 e. The van der Waals surface area contributed by atoms with E-state index in [1.807, 2.05) is 24.3 Å². The second-order valence-corrected chi connectivity index (χ2v) is 5.10. The Morgan fingerprint density at radius 3 is 2.71 bits per heavy atom. The largest absolute Gasteiger partial charge is 0.461 e. The van der Waals surface area contributed by atoms with E-state index in [2.05, 4.69) is 21.0 Å². The number of nitrogens with zero attached hydrogens (tertiary/aromatic N) is 2. The molecule has 0 amide bonds. The molecule has 0 saturated heterocycles. The number of hydrogen-bond acceptors (Lipinski definition) is 3. The summed E-state index contributed by atoms with van der Waals surface area (Å²) >= 11 is 3.39. The summed E-state index contributed by atoms with van der Waals surface area (Å²) < 4.78 is 31.7. The van der Waals surface area contributed by atoms with E-state index >= 15 is 0 Å². The third-order valence-corrected chi connectivity index (χ3v) is 3.59. The Bertz CT molecular complexity index is 644. The van der Waals surface area contributed by atoms with Crippen molar-refractivity contribution in [1.82, 2.24) is 9.78 Å². The monoisotopic (exact) mass is 358 g/mol. The molecule has 4 nitrogen and oxygen atoms in total. The van der Waals surface area contributed by atoms with Crippen LogP contribution in [0.25, 0.3) is 0 Å². The lowest BCUT2D eigenvalue weighted by Crippen LogP contribution is -2.09. The molecule has 0 saturated carbocycles. The molecule has 0 bridgehead atoms. The molecule has 0 radical (unpaired) electrons. The first-order valence-electron chi connectivity index (χ1n) is 6.29. The molecule has 0 aliphatic rings. The lowest BCUT2D eigenvalue weighted by atomic mass is 10.1. The molecule has 2 rings (SSSR count). The Balaban J connectivity index is 2.37. The number of alkyl halides is 2. The number of benzene rings is 1. The summed E-state index contributed by atoms with van der Waals surface area (Å²) in [7, 11) is 0. The van der Waals surface area contributed by atoms with Crippen molar-refractivity contribution in [2.24, 2.45) is 0 Å². The van der Waals surface area contributed by atoms with Gasteiger partial charge in [0.05, 0.1) is 6.61 Å². The van der Waals surface area contributed by atoms with Gasteiger partial charge in [0.2, 0.25) is 0 Å². The third kappa shape index (κ3) is 3.66. The fraction of sp³-hybridized carbons (Fsp3) is 0.286. The van der Waals surface area contributed by atoms with Crippen molar-refractivity contribution in [1.29, 1.82) is 0 Å². The first-order valence-corrected chi connectivity index (χ1v) is 7.09. The van der Waals surface area contributed by atoms with Crippen molar-refractivity contribution in [2.45, 2.75) is 19.9 Å². The van der Waals surface area contributed by atoms with Crippen LogP contribution in [0.1, 0.15) is 35.1 Å². The molecule has 0 unspecified atom stereocenters. The van der Waals surface area contributed by atoms with E-state index in [1.165, 1.54) is 6.20 Å². The summed E-state index contributed by atoms with van der Waals surface area (Å²) in [5, 5.41) is 3.63. The molecule has 1 heterocycles. The van der Waals surface area contributed by atoms with Gasteiger partial charge in [-0.05, 0) is 18.6 Å². The zero-order chi connectivity index (χ0) is 15.4. The van der Waals surface area contributed by atoms with Crippen LogP contribution in [-0.2, 0) is 11.2 Å². The first kappa shape index (κ1) is 15.6. The molecule has 0 atom stereocenters. The summed E-state index contributed by atoms with van der Waals surface area (Å²) in [5.74, 6) is -0.695. The average molecular weight is 359 g/mol. The van der Waals surface area contributed by atoms with Crippen molar-refractivity contribution in [3.05, 3.63) is 51.8 Å². The lowest BCUT2D eigenvalue weighted by Gasteiger charge is -2.04. The van der Waals surface area contributed by atoms with E-state index in [1.54, 1.807) is 6.92 Å². The Morgan fingerprint density at radius 2 is 2.10 bits per heavy atom. The van der Waals surface area contributed by atoms with Gasteiger partial charge in [-0.15, -0.1) is 0 Å². The van der Waals surface area contributed by atoms with Crippen molar-refractivity contribution in [3.63, 3.8) is 0 Å². The predicted molar refractivity (Wildman–Crippen MR) is 76.4 cm³/mol. The molecular weight excluding hydrogens is 346 g/mol. The second kappa shape index (κ2) is 6.80. The highest BCUT2D eigenvalue weighted by molar-refractivity contribution is 9.10. The van der Waals surface area contributed by atoms with Gasteiger partial charge in [-0.3, -0.25) is 0 Å². The van der Waals surface area contributed by atoms with Gasteiger partial charge < -0.3 is 4.74 Å². The third-order valence-electron chi connectivity index (χ3n) is 2.82. The average Bonchev–Trinajstić information content (AvgIpc) is 2.86. The van der Waals surface area contributed by atoms with Crippen LogP contribution in [0, 0.1) is 0 Å². The van der Waals surface area contributed by atoms with Crippen molar-refractivity contribution in [3.8, 4) is 0 Å². The van der Waals surface area contributed by atoms with Crippen LogP contribution < -0.4 is 0 Å². The van der Waals surface area contributed by atoms with Gasteiger partial charge in [-0.1, -0.05) is 34.1 Å². The number of esters is 1. The summed E-state index contributed by atoms with van der Waals surface area (Å²) in [6.07, 6.45) is 1.48. The molecule has 1 aromatic carbocycles. The Labute approximate surface area is 128 Å². The highest BCUT2D eigenvalue weighted by Crippen LogP contribution is 2.23. The molecule has 1 aromatic heterocycles. The van der Waals surface area contributed by atoms with Crippen LogP contribution in [0.2, 0.25) is 0 Å². The van der Waals surface area contributed by atoms with Crippen LogP contribution in [0.4, 0.5) is 8.78 Å². The number of ether oxygens (including phenoxy) is 1. The molecule has 0 fully saturated rings. The fourth-order valence-electron chi connectivity index (χ4n) is 1.88. The molecule has 0 N–H and O–H groups in total. The van der Waals surface area contributed by atoms with E-state index in [0.717, 1.165) is 10.0 Å². The number of carbonyl (C=O) groups excluding carboxylic acids is 1. The molecule has 112 valence electrons. The van der Waals surface area contributed by atoms with Crippen molar-refractivity contribution in [2.75, 3.05) is 6.61 Å². The first-order chi connectivity index (χ1) is 10.0. The zero-order valence-electron chi connectivity index (χ0n) is 11.2. The van der Waals surface area contributed by atoms with Crippen LogP contribution in [0.3, 0.4) is 0 Å². The number of halogens is 3. The number of rotatable bonds is 5. The van der Waals surface area contributed by atoms with Gasteiger partial charge in [0.15, 0.2) is 5.69 Å². The topological polar surface area (TPSA) is 44.1 Å². The minimum Gasteiger partial charge on any atom is -0.461 e. The van der Waals surface area contributed by atoms with E-state index in [9.17, 15) is 13.6 Å². The van der Waals surface area contributed by atoms with Crippen LogP contribution in [0.5, 0.6) is 0 Å². The van der Waals surface area contributed by atoms with Gasteiger partial charge in [0.25, 0.3) is 0 Å². The highest BCUT2D eigenvalue weighted by Gasteiger charge is 2.21. The predicted octanol–water partition coefficient (Wildman–Crippen LogP) is 3.81. The second-order valence-electron chi connectivity index (χ2n) is 4.25. The van der Waals surface area contributed by atoms with Crippen molar-refractivity contribution < 1.29 is 18.3 Å². The van der Waals surface area contributed by atoms with Gasteiger partial charge >= 0.3 is 12.5 Å². The quantitative estimate of drug-likeness (QED) is 0.763. The standard InChI is InChI=1S/C14H13BrF2N2O2/c1-2-21-13(20)12-10(8-19(18-12)14(16)17)7-9-5-3-4-6-11(9)15/h3-6,8,14H,2,7H2,1H3. The van der Waals surface area contributed by atoms with Crippen LogP contribution in [-0.4, -0.2) is 22.4 Å². The molecule has 7 heteroatoms. The molecule has 0 spiro atoms. The van der Waals surface area contributed by atoms with Gasteiger partial charge in [0.1, 0.15) is 0 Å². The molecule has 0 aliphatic carbocycles. The van der Waals surface area contributed by atoms with Crippen LogP contribution in [0.15, 0.2) is 34.9 Å². The molecule has 0 aliphatic heterocycles. The molecule has 21 heavy (non-hydrogen) atoms. The summed E-state index contributed by atoms with van der Waals surface area (Å²) in [5.41, 5.74) is 1.20. The van der Waals surface area contributed by atoms with Crippen LogP contribution >= 0.6 is 15.9 Å². The summed E-state index contributed by atoms with van der Waals surface area (Å²) in [6, 6.07) is 7.37. The zero-order valence-corrected chi connectivity index (χ0v) is 12.8. The highest BCUT2D eigenvalue weighted by atomic mass is 79.9. The van der Waals surface area contributed by atoms with E-state index in [-0.39, 0.29) is 12.3 Å². The SMILES string of the molecule is CCOC(=O)c1nn(C(F)F)cc1Cc1ccccc1Br. The van der Waals surface area contributed by atoms with E-state index in [0.29, 0.717) is 16.7 Å². The lowest BCUT2D eigenvalue weighted by molar-refractivity contribution is 0.0480. The summed E-state index contributed by atoms with van der Waals surface area (Å²) in [6.45, 7) is -0.990. The number of carbonyl (C=O) groups is 1. The molecule has 2 aromatic rings. The number of hydrogen-bond donors (Lipinski definition) is 0. The Kier molecular flexibility index (Phi) is 5.06. The normalized spacial score (nSPS) is 10.9. The Morgan fingerprint density at radius 1 is 1.38 bits per heavy atom. The minimum atomic E-state index is -2.80. The van der Waals surface area contributed by atoms with E-state index in [4.69, 9.17) is 4.74 Å². The van der Waals surface area contributed by atoms with Crippen molar-refractivity contribution >= 4 is 21.9 Å². The summed E-state index contributed by atoms with van der Waals surface area (Å²) in [4.78, 5) is 11.8. The van der Waals surface area contributed by atoms with Gasteiger partial charge in [-0.25, -0.2) is 9.48 Å².